The predicted octanol–water partition coefficient (Wildman–Crippen LogP) is 2.68. The summed E-state index contributed by atoms with van der Waals surface area (Å²) in [5, 5.41) is 8.64. The minimum Gasteiger partial charge on any atom is -0.365 e. The van der Waals surface area contributed by atoms with Gasteiger partial charge in [0.15, 0.2) is 0 Å². The van der Waals surface area contributed by atoms with E-state index in [2.05, 4.69) is 14.9 Å². The van der Waals surface area contributed by atoms with Crippen LogP contribution in [-0.4, -0.2) is 51.8 Å². The fourth-order valence-corrected chi connectivity index (χ4v) is 4.33. The van der Waals surface area contributed by atoms with Crippen LogP contribution in [0.4, 0.5) is 24.8 Å². The predicted molar refractivity (Wildman–Crippen MR) is 96.5 cm³/mol. The lowest BCUT2D eigenvalue weighted by Gasteiger charge is -2.35. The molecule has 1 aromatic heterocycles. The van der Waals surface area contributed by atoms with E-state index in [1.54, 1.807) is 12.1 Å². The van der Waals surface area contributed by atoms with Crippen molar-refractivity contribution in [1.82, 2.24) is 15.4 Å². The number of anilines is 2. The SMILES string of the molecule is O=C(NO)c1cnc(N2C[C@@H]3C[C@H]2CN3c2cccc(SC(F)(F)F)c2)nc1. The van der Waals surface area contributed by atoms with Crippen molar-refractivity contribution in [2.45, 2.75) is 28.9 Å². The molecule has 148 valence electrons. The Morgan fingerprint density at radius 2 is 1.86 bits per heavy atom. The number of rotatable bonds is 4. The Morgan fingerprint density at radius 3 is 2.46 bits per heavy atom. The number of alkyl halides is 3. The molecule has 0 unspecified atom stereocenters. The monoisotopic (exact) mass is 411 g/mol. The van der Waals surface area contributed by atoms with Crippen LogP contribution in [0.5, 0.6) is 0 Å². The first kappa shape index (κ1) is 18.8. The number of halogens is 3. The van der Waals surface area contributed by atoms with Crippen molar-refractivity contribution in [2.24, 2.45) is 0 Å². The molecule has 4 rings (SSSR count). The van der Waals surface area contributed by atoms with E-state index >= 15 is 0 Å². The van der Waals surface area contributed by atoms with Gasteiger partial charge in [-0.2, -0.15) is 13.2 Å². The summed E-state index contributed by atoms with van der Waals surface area (Å²) in [5.41, 5.74) is -1.86. The molecule has 2 saturated heterocycles. The lowest BCUT2D eigenvalue weighted by Crippen LogP contribution is -2.47. The van der Waals surface area contributed by atoms with Gasteiger partial charge in [-0.1, -0.05) is 6.07 Å². The average Bonchev–Trinajstić information content (AvgIpc) is 3.27. The number of hydroxylamine groups is 1. The van der Waals surface area contributed by atoms with Gasteiger partial charge in [-0.3, -0.25) is 10.0 Å². The number of thioether (sulfide) groups is 1. The lowest BCUT2D eigenvalue weighted by molar-refractivity contribution is -0.0328. The van der Waals surface area contributed by atoms with Crippen molar-refractivity contribution in [3.05, 3.63) is 42.2 Å². The van der Waals surface area contributed by atoms with Crippen LogP contribution >= 0.6 is 11.8 Å². The van der Waals surface area contributed by atoms with E-state index in [0.717, 1.165) is 12.1 Å². The summed E-state index contributed by atoms with van der Waals surface area (Å²) < 4.78 is 37.9. The van der Waals surface area contributed by atoms with E-state index in [9.17, 15) is 18.0 Å². The molecule has 2 N–H and O–H groups in total. The molecule has 2 aliphatic rings. The number of nitrogens with zero attached hydrogens (tertiary/aromatic N) is 4. The minimum absolute atomic E-state index is 0.111. The summed E-state index contributed by atoms with van der Waals surface area (Å²) >= 11 is -0.111. The fraction of sp³-hybridized carbons (Fsp3) is 0.353. The number of hydrogen-bond donors (Lipinski definition) is 2. The molecule has 0 spiro atoms. The number of carbonyl (C=O) groups excluding carboxylic acids is 1. The minimum atomic E-state index is -4.31. The zero-order chi connectivity index (χ0) is 19.9. The molecular formula is C17H16F3N5O2S. The number of fused-ring (bicyclic) bond motifs is 2. The highest BCUT2D eigenvalue weighted by atomic mass is 32.2. The number of nitrogens with one attached hydrogen (secondary N) is 1. The third kappa shape index (κ3) is 3.72. The standard InChI is InChI=1S/C17H16F3N5O2S/c18-17(19,20)28-14-3-1-2-11(5-14)24-8-13-4-12(24)9-25(13)16-21-6-10(7-22-16)15(26)23-27/h1-3,5-7,12-13,27H,4,8-9H2,(H,23,26)/t12-,13-/m0/s1. The van der Waals surface area contributed by atoms with E-state index in [-0.39, 0.29) is 34.3 Å². The first-order valence-electron chi connectivity index (χ1n) is 8.49. The van der Waals surface area contributed by atoms with Gasteiger partial charge in [-0.05, 0) is 36.4 Å². The third-order valence-corrected chi connectivity index (χ3v) is 5.60. The smallest absolute Gasteiger partial charge is 0.365 e. The van der Waals surface area contributed by atoms with Gasteiger partial charge in [0.05, 0.1) is 11.6 Å². The van der Waals surface area contributed by atoms with E-state index < -0.39 is 11.4 Å². The summed E-state index contributed by atoms with van der Waals surface area (Å²) in [5.74, 6) is -0.194. The second-order valence-electron chi connectivity index (χ2n) is 6.61. The number of piperazine rings is 1. The molecule has 2 bridgehead atoms. The van der Waals surface area contributed by atoms with Crippen molar-refractivity contribution in [3.8, 4) is 0 Å². The molecule has 1 aromatic carbocycles. The summed E-state index contributed by atoms with van der Waals surface area (Å²) in [7, 11) is 0. The number of hydrogen-bond acceptors (Lipinski definition) is 7. The lowest BCUT2D eigenvalue weighted by atomic mass is 10.2. The summed E-state index contributed by atoms with van der Waals surface area (Å²) in [4.78, 5) is 24.1. The molecule has 7 nitrogen and oxygen atoms in total. The van der Waals surface area contributed by atoms with Gasteiger partial charge in [0.25, 0.3) is 5.91 Å². The van der Waals surface area contributed by atoms with E-state index in [4.69, 9.17) is 5.21 Å². The second kappa shape index (κ2) is 7.13. The molecule has 2 aromatic rings. The molecule has 2 fully saturated rings. The first-order chi connectivity index (χ1) is 13.3. The molecule has 0 aliphatic carbocycles. The van der Waals surface area contributed by atoms with Crippen LogP contribution < -0.4 is 15.3 Å². The van der Waals surface area contributed by atoms with E-state index in [0.29, 0.717) is 19.0 Å². The van der Waals surface area contributed by atoms with Gasteiger partial charge in [-0.15, -0.1) is 0 Å². The molecule has 0 saturated carbocycles. The first-order valence-corrected chi connectivity index (χ1v) is 9.31. The van der Waals surface area contributed by atoms with Crippen molar-refractivity contribution in [3.63, 3.8) is 0 Å². The highest BCUT2D eigenvalue weighted by molar-refractivity contribution is 8.00. The average molecular weight is 411 g/mol. The molecule has 11 heteroatoms. The van der Waals surface area contributed by atoms with E-state index in [1.807, 2.05) is 11.0 Å². The van der Waals surface area contributed by atoms with Crippen molar-refractivity contribution in [1.29, 1.82) is 0 Å². The maximum atomic E-state index is 12.6. The van der Waals surface area contributed by atoms with Crippen LogP contribution in [0.2, 0.25) is 0 Å². The molecule has 0 radical (unpaired) electrons. The number of benzene rings is 1. The Bertz CT molecular complexity index is 880. The van der Waals surface area contributed by atoms with Gasteiger partial charge in [-0.25, -0.2) is 15.4 Å². The Labute approximate surface area is 162 Å². The second-order valence-corrected chi connectivity index (χ2v) is 7.74. The van der Waals surface area contributed by atoms with Gasteiger partial charge >= 0.3 is 5.51 Å². The highest BCUT2D eigenvalue weighted by Gasteiger charge is 2.44. The van der Waals surface area contributed by atoms with Crippen LogP contribution in [-0.2, 0) is 0 Å². The molecular weight excluding hydrogens is 395 g/mol. The quantitative estimate of drug-likeness (QED) is 0.455. The van der Waals surface area contributed by atoms with Crippen molar-refractivity contribution in [2.75, 3.05) is 22.9 Å². The van der Waals surface area contributed by atoms with Gasteiger partial charge in [0.2, 0.25) is 5.95 Å². The van der Waals surface area contributed by atoms with Crippen LogP contribution in [0.1, 0.15) is 16.8 Å². The largest absolute Gasteiger partial charge is 0.446 e. The van der Waals surface area contributed by atoms with Crippen molar-refractivity contribution >= 4 is 29.3 Å². The topological polar surface area (TPSA) is 81.6 Å². The molecule has 3 heterocycles. The zero-order valence-corrected chi connectivity index (χ0v) is 15.2. The Balaban J connectivity index is 1.46. The Kier molecular flexibility index (Phi) is 4.79. The number of aromatic nitrogens is 2. The van der Waals surface area contributed by atoms with Crippen LogP contribution in [0.3, 0.4) is 0 Å². The van der Waals surface area contributed by atoms with Gasteiger partial charge < -0.3 is 9.80 Å². The molecule has 2 aliphatic heterocycles. The zero-order valence-electron chi connectivity index (χ0n) is 14.4. The Morgan fingerprint density at radius 1 is 1.18 bits per heavy atom. The molecule has 28 heavy (non-hydrogen) atoms. The van der Waals surface area contributed by atoms with Gasteiger partial charge in [0, 0.05) is 42.1 Å². The van der Waals surface area contributed by atoms with E-state index in [1.165, 1.54) is 23.9 Å². The van der Waals surface area contributed by atoms with Gasteiger partial charge in [0.1, 0.15) is 0 Å². The maximum Gasteiger partial charge on any atom is 0.446 e. The van der Waals surface area contributed by atoms with Crippen molar-refractivity contribution < 1.29 is 23.2 Å². The van der Waals surface area contributed by atoms with Crippen LogP contribution in [0.25, 0.3) is 0 Å². The normalized spacial score (nSPS) is 21.3. The molecule has 1 amide bonds. The van der Waals surface area contributed by atoms with Crippen LogP contribution in [0, 0.1) is 0 Å². The highest BCUT2D eigenvalue weighted by Crippen LogP contribution is 2.40. The summed E-state index contributed by atoms with van der Waals surface area (Å²) in [6.07, 6.45) is 3.55. The molecule has 2 atom stereocenters. The van der Waals surface area contributed by atoms with Crippen LogP contribution in [0.15, 0.2) is 41.6 Å². The number of carbonyl (C=O) groups is 1. The Hall–Kier alpha value is -2.53. The fourth-order valence-electron chi connectivity index (χ4n) is 3.74. The third-order valence-electron chi connectivity index (χ3n) is 4.88. The summed E-state index contributed by atoms with van der Waals surface area (Å²) in [6.45, 7) is 1.31. The number of amides is 1. The maximum absolute atomic E-state index is 12.6. The summed E-state index contributed by atoms with van der Waals surface area (Å²) in [6, 6.07) is 6.79.